The van der Waals surface area contributed by atoms with Crippen LogP contribution in [0.1, 0.15) is 12.5 Å². The van der Waals surface area contributed by atoms with Gasteiger partial charge in [0.05, 0.1) is 4.92 Å². The third-order valence-electron chi connectivity index (χ3n) is 1.78. The second kappa shape index (κ2) is 4.04. The van der Waals surface area contributed by atoms with E-state index in [-0.39, 0.29) is 17.8 Å². The van der Waals surface area contributed by atoms with Crippen LogP contribution in [0.5, 0.6) is 5.75 Å². The number of benzene rings is 1. The molecule has 0 spiro atoms. The number of ketones is 1. The molecule has 0 aliphatic rings. The van der Waals surface area contributed by atoms with E-state index >= 15 is 0 Å². The number of hydrogen-bond acceptors (Lipinski definition) is 4. The SMILES string of the molecule is CC(=O)Cc1cc([N+](=O)[O-])c(F)cc1O. The van der Waals surface area contributed by atoms with Crippen LogP contribution in [-0.4, -0.2) is 15.8 Å². The first kappa shape index (κ1) is 11.1. The number of Topliss-reactive ketones (excluding diaryl/α,β-unsaturated/α-hetero) is 1. The largest absolute Gasteiger partial charge is 0.508 e. The lowest BCUT2D eigenvalue weighted by molar-refractivity contribution is -0.387. The number of carbonyl (C=O) groups is 1. The summed E-state index contributed by atoms with van der Waals surface area (Å²) in [6.07, 6.45) is -0.160. The monoisotopic (exact) mass is 213 g/mol. The maximum absolute atomic E-state index is 12.9. The highest BCUT2D eigenvalue weighted by atomic mass is 19.1. The number of aromatic hydroxyl groups is 1. The van der Waals surface area contributed by atoms with Crippen molar-refractivity contribution in [3.63, 3.8) is 0 Å². The van der Waals surface area contributed by atoms with E-state index in [2.05, 4.69) is 0 Å². The molecule has 80 valence electrons. The Morgan fingerprint density at radius 3 is 2.67 bits per heavy atom. The molecular formula is C9H8FNO4. The lowest BCUT2D eigenvalue weighted by atomic mass is 10.1. The van der Waals surface area contributed by atoms with Crippen LogP contribution in [0.3, 0.4) is 0 Å². The number of halogens is 1. The van der Waals surface area contributed by atoms with Crippen LogP contribution in [0.4, 0.5) is 10.1 Å². The van der Waals surface area contributed by atoms with Gasteiger partial charge in [0.15, 0.2) is 0 Å². The number of nitro benzene ring substituents is 1. The normalized spacial score (nSPS) is 10.0. The van der Waals surface area contributed by atoms with E-state index in [1.807, 2.05) is 0 Å². The summed E-state index contributed by atoms with van der Waals surface area (Å²) < 4.78 is 12.9. The van der Waals surface area contributed by atoms with Gasteiger partial charge in [0.1, 0.15) is 11.5 Å². The van der Waals surface area contributed by atoms with Crippen molar-refractivity contribution in [3.8, 4) is 5.75 Å². The second-order valence-corrected chi connectivity index (χ2v) is 3.07. The van der Waals surface area contributed by atoms with Crippen LogP contribution < -0.4 is 0 Å². The number of phenols is 1. The van der Waals surface area contributed by atoms with Crippen molar-refractivity contribution in [2.24, 2.45) is 0 Å². The zero-order chi connectivity index (χ0) is 11.6. The minimum atomic E-state index is -1.12. The van der Waals surface area contributed by atoms with Crippen LogP contribution in [0.2, 0.25) is 0 Å². The van der Waals surface area contributed by atoms with E-state index in [0.717, 1.165) is 6.07 Å². The van der Waals surface area contributed by atoms with Crippen LogP contribution in [0.15, 0.2) is 12.1 Å². The van der Waals surface area contributed by atoms with Crippen molar-refractivity contribution in [3.05, 3.63) is 33.6 Å². The smallest absolute Gasteiger partial charge is 0.305 e. The van der Waals surface area contributed by atoms with Gasteiger partial charge >= 0.3 is 5.69 Å². The van der Waals surface area contributed by atoms with Crippen LogP contribution in [0.25, 0.3) is 0 Å². The van der Waals surface area contributed by atoms with Crippen molar-refractivity contribution in [2.75, 3.05) is 0 Å². The number of nitrogens with zero attached hydrogens (tertiary/aromatic N) is 1. The van der Waals surface area contributed by atoms with E-state index in [4.69, 9.17) is 0 Å². The van der Waals surface area contributed by atoms with Gasteiger partial charge in [-0.25, -0.2) is 0 Å². The summed E-state index contributed by atoms with van der Waals surface area (Å²) >= 11 is 0. The van der Waals surface area contributed by atoms with Crippen molar-refractivity contribution in [1.29, 1.82) is 0 Å². The van der Waals surface area contributed by atoms with Gasteiger partial charge in [-0.05, 0) is 6.92 Å². The topological polar surface area (TPSA) is 80.4 Å². The van der Waals surface area contributed by atoms with E-state index in [1.54, 1.807) is 0 Å². The molecule has 0 fully saturated rings. The molecule has 0 aliphatic carbocycles. The molecule has 0 aliphatic heterocycles. The summed E-state index contributed by atoms with van der Waals surface area (Å²) in [6.45, 7) is 1.27. The molecule has 0 radical (unpaired) electrons. The van der Waals surface area contributed by atoms with Crippen molar-refractivity contribution in [2.45, 2.75) is 13.3 Å². The molecule has 0 unspecified atom stereocenters. The average molecular weight is 213 g/mol. The van der Waals surface area contributed by atoms with E-state index in [9.17, 15) is 24.4 Å². The molecule has 1 N–H and O–H groups in total. The Balaban J connectivity index is 3.23. The van der Waals surface area contributed by atoms with Gasteiger partial charge in [0.2, 0.25) is 5.82 Å². The zero-order valence-electron chi connectivity index (χ0n) is 7.86. The van der Waals surface area contributed by atoms with Gasteiger partial charge in [-0.1, -0.05) is 0 Å². The first-order valence-electron chi connectivity index (χ1n) is 4.07. The van der Waals surface area contributed by atoms with Crippen molar-refractivity contribution < 1.29 is 19.2 Å². The Morgan fingerprint density at radius 1 is 1.60 bits per heavy atom. The fourth-order valence-corrected chi connectivity index (χ4v) is 1.14. The molecule has 1 aromatic carbocycles. The van der Waals surface area contributed by atoms with Gasteiger partial charge in [0, 0.05) is 24.1 Å². The molecule has 0 amide bonds. The molecule has 0 atom stereocenters. The highest BCUT2D eigenvalue weighted by Gasteiger charge is 2.18. The van der Waals surface area contributed by atoms with Crippen molar-refractivity contribution >= 4 is 11.5 Å². The van der Waals surface area contributed by atoms with Gasteiger partial charge < -0.3 is 5.11 Å². The molecule has 15 heavy (non-hydrogen) atoms. The first-order chi connectivity index (χ1) is 6.91. The molecule has 0 saturated carbocycles. The van der Waals surface area contributed by atoms with Crippen LogP contribution in [-0.2, 0) is 11.2 Å². The lowest BCUT2D eigenvalue weighted by Gasteiger charge is -2.02. The summed E-state index contributed by atoms with van der Waals surface area (Å²) in [5.74, 6) is -1.84. The fourth-order valence-electron chi connectivity index (χ4n) is 1.14. The fraction of sp³-hybridized carbons (Fsp3) is 0.222. The number of carbonyl (C=O) groups excluding carboxylic acids is 1. The van der Waals surface area contributed by atoms with Gasteiger partial charge in [-0.3, -0.25) is 14.9 Å². The molecule has 0 aromatic heterocycles. The summed E-state index contributed by atoms with van der Waals surface area (Å²) in [7, 11) is 0. The molecule has 5 nitrogen and oxygen atoms in total. The molecule has 6 heteroatoms. The Kier molecular flexibility index (Phi) is 2.99. The summed E-state index contributed by atoms with van der Waals surface area (Å²) in [5, 5.41) is 19.6. The van der Waals surface area contributed by atoms with E-state index < -0.39 is 22.2 Å². The average Bonchev–Trinajstić information content (AvgIpc) is 2.08. The molecular weight excluding hydrogens is 205 g/mol. The number of hydrogen-bond donors (Lipinski definition) is 1. The quantitative estimate of drug-likeness (QED) is 0.610. The molecule has 1 rings (SSSR count). The third-order valence-corrected chi connectivity index (χ3v) is 1.78. The third kappa shape index (κ3) is 2.49. The van der Waals surface area contributed by atoms with E-state index in [0.29, 0.717) is 6.07 Å². The number of rotatable bonds is 3. The minimum absolute atomic E-state index is 0.0515. The summed E-state index contributed by atoms with van der Waals surface area (Å²) in [6, 6.07) is 1.50. The van der Waals surface area contributed by atoms with Crippen molar-refractivity contribution in [1.82, 2.24) is 0 Å². The standard InChI is InChI=1S/C9H8FNO4/c1-5(12)2-6-3-8(11(14)15)7(10)4-9(6)13/h3-4,13H,2H2,1H3. The maximum Gasteiger partial charge on any atom is 0.305 e. The van der Waals surface area contributed by atoms with Crippen LogP contribution >= 0.6 is 0 Å². The van der Waals surface area contributed by atoms with Gasteiger partial charge in [-0.15, -0.1) is 0 Å². The predicted octanol–water partition coefficient (Wildman–Crippen LogP) is 1.57. The van der Waals surface area contributed by atoms with Gasteiger partial charge in [-0.2, -0.15) is 4.39 Å². The summed E-state index contributed by atoms with van der Waals surface area (Å²) in [4.78, 5) is 20.2. The number of nitro groups is 1. The molecule has 1 aromatic rings. The zero-order valence-corrected chi connectivity index (χ0v) is 7.86. The minimum Gasteiger partial charge on any atom is -0.508 e. The van der Waals surface area contributed by atoms with E-state index in [1.165, 1.54) is 6.92 Å². The lowest BCUT2D eigenvalue weighted by Crippen LogP contribution is -2.00. The molecule has 0 heterocycles. The molecule has 0 saturated heterocycles. The van der Waals surface area contributed by atoms with Gasteiger partial charge in [0.25, 0.3) is 0 Å². The maximum atomic E-state index is 12.9. The highest BCUT2D eigenvalue weighted by Crippen LogP contribution is 2.27. The Morgan fingerprint density at radius 2 is 2.20 bits per heavy atom. The summed E-state index contributed by atoms with van der Waals surface area (Å²) in [5.41, 5.74) is -0.695. The second-order valence-electron chi connectivity index (χ2n) is 3.07. The van der Waals surface area contributed by atoms with Crippen LogP contribution in [0, 0.1) is 15.9 Å². The first-order valence-corrected chi connectivity index (χ1v) is 4.07. The Labute approximate surface area is 84.3 Å². The number of phenolic OH excluding ortho intramolecular Hbond substituents is 1. The Bertz CT molecular complexity index is 430. The highest BCUT2D eigenvalue weighted by molar-refractivity contribution is 5.79. The Hall–Kier alpha value is -1.98. The molecule has 0 bridgehead atoms. The predicted molar refractivity (Wildman–Crippen MR) is 49.1 cm³/mol.